The molecule has 2 aliphatic heterocycles. The molecule has 1 aromatic heterocycles. The van der Waals surface area contributed by atoms with E-state index < -0.39 is 0 Å². The lowest BCUT2D eigenvalue weighted by atomic mass is 9.81. The molecule has 0 atom stereocenters. The quantitative estimate of drug-likeness (QED) is 0.209. The molecule has 0 unspecified atom stereocenters. The van der Waals surface area contributed by atoms with Crippen molar-refractivity contribution in [2.45, 2.75) is 60.0 Å². The van der Waals surface area contributed by atoms with E-state index in [-0.39, 0.29) is 10.8 Å². The molecule has 41 heavy (non-hydrogen) atoms. The number of benzene rings is 2. The number of nitrogens with zero attached hydrogens (tertiary/aromatic N) is 4. The Morgan fingerprint density at radius 2 is 1.59 bits per heavy atom. The fourth-order valence-electron chi connectivity index (χ4n) is 6.52. The second-order valence-corrected chi connectivity index (χ2v) is 15.1. The highest BCUT2D eigenvalue weighted by molar-refractivity contribution is 8.05. The van der Waals surface area contributed by atoms with Gasteiger partial charge in [0.25, 0.3) is 0 Å². The summed E-state index contributed by atoms with van der Waals surface area (Å²) in [6.45, 7) is 9.31. The molecule has 2 aromatic carbocycles. The number of hydrogen-bond acceptors (Lipinski definition) is 6. The van der Waals surface area contributed by atoms with Crippen molar-refractivity contribution < 1.29 is 4.58 Å². The number of hydrogen-bond donors (Lipinski definition) is 0. The summed E-state index contributed by atoms with van der Waals surface area (Å²) in [5, 5.41) is 8.88. The molecule has 0 amide bonds. The van der Waals surface area contributed by atoms with E-state index in [2.05, 4.69) is 141 Å². The first-order valence-corrected chi connectivity index (χ1v) is 16.9. The minimum atomic E-state index is -0.0441. The van der Waals surface area contributed by atoms with Gasteiger partial charge in [-0.15, -0.1) is 10.2 Å². The molecule has 3 aromatic rings. The van der Waals surface area contributed by atoms with Gasteiger partial charge in [-0.25, -0.2) is 0 Å². The lowest BCUT2D eigenvalue weighted by Crippen LogP contribution is -2.26. The molecule has 0 bridgehead atoms. The Labute approximate surface area is 256 Å². The van der Waals surface area contributed by atoms with Gasteiger partial charge >= 0.3 is 0 Å². The Bertz CT molecular complexity index is 1680. The zero-order valence-corrected chi connectivity index (χ0v) is 27.3. The number of likely N-dealkylation sites (N-methyl/N-ethyl adjacent to an activating group) is 1. The minimum absolute atomic E-state index is 0.0441. The molecule has 0 N–H and O–H groups in total. The molecule has 210 valence electrons. The molecule has 4 nitrogen and oxygen atoms in total. The summed E-state index contributed by atoms with van der Waals surface area (Å²) in [6, 6.07) is 17.5. The maximum atomic E-state index is 4.51. The second-order valence-electron chi connectivity index (χ2n) is 11.9. The third kappa shape index (κ3) is 4.86. The molecule has 0 saturated carbocycles. The van der Waals surface area contributed by atoms with Gasteiger partial charge < -0.3 is 4.90 Å². The van der Waals surface area contributed by atoms with Crippen LogP contribution in [0.2, 0.25) is 0 Å². The number of para-hydroxylation sites is 2. The molecular formula is C34H37N4S3+. The van der Waals surface area contributed by atoms with Gasteiger partial charge in [-0.1, -0.05) is 97.3 Å². The van der Waals surface area contributed by atoms with Crippen LogP contribution in [0.25, 0.3) is 0 Å². The van der Waals surface area contributed by atoms with Crippen LogP contribution in [0, 0.1) is 0 Å². The predicted octanol–water partition coefficient (Wildman–Crippen LogP) is 8.90. The highest BCUT2D eigenvalue weighted by Gasteiger charge is 2.42. The van der Waals surface area contributed by atoms with Crippen LogP contribution in [-0.2, 0) is 10.8 Å². The van der Waals surface area contributed by atoms with E-state index >= 15 is 0 Å². The lowest BCUT2D eigenvalue weighted by Gasteiger charge is -2.23. The van der Waals surface area contributed by atoms with E-state index in [0.29, 0.717) is 0 Å². The molecule has 1 aliphatic carbocycles. The van der Waals surface area contributed by atoms with Gasteiger partial charge in [0, 0.05) is 46.5 Å². The summed E-state index contributed by atoms with van der Waals surface area (Å²) in [7, 11) is 4.37. The average molecular weight is 598 g/mol. The van der Waals surface area contributed by atoms with Crippen molar-refractivity contribution >= 4 is 51.9 Å². The highest BCUT2D eigenvalue weighted by atomic mass is 32.2. The maximum absolute atomic E-state index is 4.51. The number of rotatable bonds is 6. The monoisotopic (exact) mass is 597 g/mol. The van der Waals surface area contributed by atoms with Crippen LogP contribution in [0.5, 0.6) is 0 Å². The number of anilines is 1. The maximum Gasteiger partial charge on any atom is 0.209 e. The Kier molecular flexibility index (Phi) is 7.41. The van der Waals surface area contributed by atoms with Crippen molar-refractivity contribution in [1.82, 2.24) is 10.2 Å². The average Bonchev–Trinajstić information content (AvgIpc) is 3.67. The Morgan fingerprint density at radius 3 is 2.29 bits per heavy atom. The first-order chi connectivity index (χ1) is 19.6. The Hall–Kier alpha value is -2.87. The van der Waals surface area contributed by atoms with Gasteiger partial charge in [0.15, 0.2) is 14.4 Å². The summed E-state index contributed by atoms with van der Waals surface area (Å²) in [5.74, 6) is 0. The van der Waals surface area contributed by atoms with Gasteiger partial charge in [0.2, 0.25) is 5.69 Å². The van der Waals surface area contributed by atoms with Gasteiger partial charge in [-0.3, -0.25) is 0 Å². The van der Waals surface area contributed by atoms with Crippen LogP contribution in [0.4, 0.5) is 11.4 Å². The second kappa shape index (κ2) is 10.8. The summed E-state index contributed by atoms with van der Waals surface area (Å²) in [4.78, 5) is 3.66. The van der Waals surface area contributed by atoms with Gasteiger partial charge in [0.05, 0.1) is 5.41 Å². The van der Waals surface area contributed by atoms with Crippen molar-refractivity contribution in [3.63, 3.8) is 0 Å². The van der Waals surface area contributed by atoms with Crippen LogP contribution in [0.1, 0.15) is 51.7 Å². The summed E-state index contributed by atoms with van der Waals surface area (Å²) in [6.07, 6.45) is 13.5. The van der Waals surface area contributed by atoms with E-state index in [1.54, 1.807) is 34.9 Å². The predicted molar refractivity (Wildman–Crippen MR) is 177 cm³/mol. The molecule has 3 heterocycles. The highest BCUT2D eigenvalue weighted by Crippen LogP contribution is 2.48. The molecule has 7 heteroatoms. The fraction of sp³-hybridized carbons (Fsp3) is 0.324. The number of fused-ring (bicyclic) bond motifs is 2. The minimum Gasteiger partial charge on any atom is -0.347 e. The summed E-state index contributed by atoms with van der Waals surface area (Å²) >= 11 is 5.10. The summed E-state index contributed by atoms with van der Waals surface area (Å²) < 4.78 is 4.35. The van der Waals surface area contributed by atoms with E-state index in [1.807, 2.05) is 0 Å². The molecule has 6 rings (SSSR count). The topological polar surface area (TPSA) is 32.0 Å². The molecular weight excluding hydrogens is 561 g/mol. The van der Waals surface area contributed by atoms with Gasteiger partial charge in [-0.05, 0) is 61.8 Å². The number of aromatic nitrogens is 2. The van der Waals surface area contributed by atoms with Crippen molar-refractivity contribution in [3.8, 4) is 0 Å². The fourth-order valence-corrected chi connectivity index (χ4v) is 9.20. The molecule has 0 saturated heterocycles. The van der Waals surface area contributed by atoms with Crippen molar-refractivity contribution in [2.75, 3.05) is 25.3 Å². The molecule has 0 radical (unpaired) electrons. The zero-order valence-electron chi connectivity index (χ0n) is 24.9. The van der Waals surface area contributed by atoms with Gasteiger partial charge in [0.1, 0.15) is 7.05 Å². The van der Waals surface area contributed by atoms with Crippen LogP contribution in [0.15, 0.2) is 103 Å². The van der Waals surface area contributed by atoms with E-state index in [4.69, 9.17) is 0 Å². The first-order valence-electron chi connectivity index (χ1n) is 14.0. The normalized spacial score (nSPS) is 21.2. The van der Waals surface area contributed by atoms with Crippen LogP contribution in [0.3, 0.4) is 0 Å². The third-order valence-corrected chi connectivity index (χ3v) is 11.9. The van der Waals surface area contributed by atoms with Crippen LogP contribution in [-0.4, -0.2) is 40.8 Å². The molecule has 0 fully saturated rings. The third-order valence-electron chi connectivity index (χ3n) is 8.76. The Morgan fingerprint density at radius 1 is 0.878 bits per heavy atom. The van der Waals surface area contributed by atoms with Crippen molar-refractivity contribution in [2.24, 2.45) is 0 Å². The molecule has 3 aliphatic rings. The van der Waals surface area contributed by atoms with Crippen molar-refractivity contribution in [1.29, 1.82) is 0 Å². The smallest absolute Gasteiger partial charge is 0.209 e. The van der Waals surface area contributed by atoms with E-state index in [1.165, 1.54) is 50.0 Å². The van der Waals surface area contributed by atoms with E-state index in [0.717, 1.165) is 21.5 Å². The number of allylic oxidation sites excluding steroid dienone is 7. The summed E-state index contributed by atoms with van der Waals surface area (Å²) in [5.41, 5.74) is 10.6. The lowest BCUT2D eigenvalue weighted by molar-refractivity contribution is -0.401. The van der Waals surface area contributed by atoms with E-state index in [9.17, 15) is 0 Å². The van der Waals surface area contributed by atoms with Crippen LogP contribution < -0.4 is 4.90 Å². The zero-order chi connectivity index (χ0) is 28.9. The van der Waals surface area contributed by atoms with Gasteiger partial charge in [-0.2, -0.15) is 4.58 Å². The molecule has 0 spiro atoms. The van der Waals surface area contributed by atoms with Crippen LogP contribution >= 0.6 is 34.9 Å². The largest absolute Gasteiger partial charge is 0.347 e. The number of thioether (sulfide) groups is 2. The standard InChI is InChI=1S/C34H37N4S3/c1-33(2)24-12-8-10-14-26(24)37(5)28(33)20-18-22-16-17-23(30(22)40-32-36-35-31(39-7)41-32)19-21-29-34(3,4)25-13-9-11-15-27(25)38(29)6/h8-15,18-21H,16-17H2,1-7H3/q+1. The van der Waals surface area contributed by atoms with Crippen molar-refractivity contribution in [3.05, 3.63) is 106 Å². The first kappa shape index (κ1) is 28.3. The Balaban J connectivity index is 1.38. The SMILES string of the molecule is CSc1nnc(SC2=C(C=CC3=[N+](C)c4ccccc4C3(C)C)CC/C2=C\C=C2N(C)c3ccccc3C2(C)C)s1.